The molecule has 0 amide bonds. The van der Waals surface area contributed by atoms with Crippen molar-refractivity contribution in [3.8, 4) is 0 Å². The smallest absolute Gasteiger partial charge is 0.283 e. The molecule has 4 rings (SSSR count). The molecule has 0 aliphatic heterocycles. The van der Waals surface area contributed by atoms with E-state index in [0.717, 1.165) is 5.56 Å². The first-order valence-electron chi connectivity index (χ1n) is 8.27. The molecule has 0 aliphatic rings. The Hall–Kier alpha value is -3.95. The number of nitro benzene ring substituents is 1. The molecule has 140 valence electrons. The Labute approximate surface area is 156 Å². The molecule has 4 aromatic rings. The molecule has 28 heavy (non-hydrogen) atoms. The Morgan fingerprint density at radius 2 is 1.86 bits per heavy atom. The maximum absolute atomic E-state index is 13.0. The molecule has 0 unspecified atom stereocenters. The van der Waals surface area contributed by atoms with Crippen LogP contribution in [0, 0.1) is 15.9 Å². The van der Waals surface area contributed by atoms with Crippen LogP contribution in [-0.2, 0) is 13.1 Å². The van der Waals surface area contributed by atoms with E-state index in [1.54, 1.807) is 24.3 Å². The Morgan fingerprint density at radius 3 is 2.61 bits per heavy atom. The summed E-state index contributed by atoms with van der Waals surface area (Å²) < 4.78 is 15.8. The van der Waals surface area contributed by atoms with Gasteiger partial charge in [-0.05, 0) is 23.3 Å². The van der Waals surface area contributed by atoms with Gasteiger partial charge in [0.1, 0.15) is 12.1 Å². The molecule has 2 aromatic carbocycles. The van der Waals surface area contributed by atoms with Gasteiger partial charge in [0.15, 0.2) is 11.2 Å². The number of rotatable bonds is 5. The first-order valence-corrected chi connectivity index (χ1v) is 8.27. The van der Waals surface area contributed by atoms with E-state index in [2.05, 4.69) is 15.3 Å². The zero-order chi connectivity index (χ0) is 19.7. The van der Waals surface area contributed by atoms with Crippen LogP contribution < -0.4 is 5.56 Å². The third-order valence-corrected chi connectivity index (χ3v) is 4.21. The lowest BCUT2D eigenvalue weighted by molar-refractivity contribution is -0.384. The first kappa shape index (κ1) is 17.5. The number of benzene rings is 2. The normalized spacial score (nSPS) is 11.0. The van der Waals surface area contributed by atoms with Crippen molar-refractivity contribution in [3.05, 3.63) is 92.3 Å². The second kappa shape index (κ2) is 6.99. The molecule has 0 fully saturated rings. The van der Waals surface area contributed by atoms with Gasteiger partial charge in [-0.2, -0.15) is 0 Å². The van der Waals surface area contributed by atoms with Gasteiger partial charge < -0.3 is 0 Å². The fourth-order valence-corrected chi connectivity index (χ4v) is 2.83. The molecule has 0 bridgehead atoms. The van der Waals surface area contributed by atoms with Crippen molar-refractivity contribution in [2.75, 3.05) is 0 Å². The molecule has 9 nitrogen and oxygen atoms in total. The summed E-state index contributed by atoms with van der Waals surface area (Å²) in [5.41, 5.74) is 1.33. The third kappa shape index (κ3) is 3.34. The number of halogens is 1. The summed E-state index contributed by atoms with van der Waals surface area (Å²) in [4.78, 5) is 27.4. The lowest BCUT2D eigenvalue weighted by atomic mass is 10.2. The van der Waals surface area contributed by atoms with E-state index < -0.39 is 10.5 Å². The van der Waals surface area contributed by atoms with E-state index in [1.807, 2.05) is 0 Å². The maximum Gasteiger partial charge on any atom is 0.283 e. The zero-order valence-electron chi connectivity index (χ0n) is 14.4. The molecular weight excluding hydrogens is 367 g/mol. The van der Waals surface area contributed by atoms with E-state index in [4.69, 9.17) is 0 Å². The topological polar surface area (TPSA) is 109 Å². The molecule has 0 saturated heterocycles. The Bertz CT molecular complexity index is 1230. The van der Waals surface area contributed by atoms with Gasteiger partial charge in [-0.15, -0.1) is 5.10 Å². The average molecular weight is 380 g/mol. The van der Waals surface area contributed by atoms with Crippen molar-refractivity contribution in [1.29, 1.82) is 0 Å². The van der Waals surface area contributed by atoms with Gasteiger partial charge in [-0.1, -0.05) is 29.5 Å². The monoisotopic (exact) mass is 380 g/mol. The van der Waals surface area contributed by atoms with Gasteiger partial charge in [-0.25, -0.2) is 14.1 Å². The van der Waals surface area contributed by atoms with Crippen LogP contribution in [0.15, 0.2) is 59.7 Å². The predicted octanol–water partition coefficient (Wildman–Crippen LogP) is 2.13. The number of nitro groups is 1. The zero-order valence-corrected chi connectivity index (χ0v) is 14.4. The summed E-state index contributed by atoms with van der Waals surface area (Å²) in [5, 5.41) is 18.8. The molecular formula is C18H13FN6O3. The van der Waals surface area contributed by atoms with Crippen molar-refractivity contribution in [2.24, 2.45) is 0 Å². The van der Waals surface area contributed by atoms with Crippen molar-refractivity contribution in [3.63, 3.8) is 0 Å². The number of aromatic nitrogens is 5. The van der Waals surface area contributed by atoms with Crippen LogP contribution in [0.2, 0.25) is 0 Å². The molecule has 10 heteroatoms. The Morgan fingerprint density at radius 1 is 1.07 bits per heavy atom. The average Bonchev–Trinajstić information content (AvgIpc) is 3.09. The largest absolute Gasteiger partial charge is 0.293 e. The van der Waals surface area contributed by atoms with E-state index in [1.165, 1.54) is 39.8 Å². The number of nitrogens with zero attached hydrogens (tertiary/aromatic N) is 6. The van der Waals surface area contributed by atoms with Crippen LogP contribution in [0.4, 0.5) is 10.1 Å². The lowest BCUT2D eigenvalue weighted by Gasteiger charge is -2.06. The number of fused-ring (bicyclic) bond motifs is 1. The van der Waals surface area contributed by atoms with Gasteiger partial charge in [0.2, 0.25) is 0 Å². The molecule has 0 spiro atoms. The van der Waals surface area contributed by atoms with E-state index in [0.29, 0.717) is 11.2 Å². The van der Waals surface area contributed by atoms with Gasteiger partial charge in [0.05, 0.1) is 18.0 Å². The fraction of sp³-hybridized carbons (Fsp3) is 0.111. The third-order valence-electron chi connectivity index (χ3n) is 4.21. The summed E-state index contributed by atoms with van der Waals surface area (Å²) in [7, 11) is 0. The molecule has 0 radical (unpaired) electrons. The lowest BCUT2D eigenvalue weighted by Crippen LogP contribution is -2.21. The molecule has 0 saturated carbocycles. The highest BCUT2D eigenvalue weighted by molar-refractivity contribution is 5.67. The van der Waals surface area contributed by atoms with Gasteiger partial charge >= 0.3 is 0 Å². The highest BCUT2D eigenvalue weighted by atomic mass is 19.1. The Kier molecular flexibility index (Phi) is 4.36. The van der Waals surface area contributed by atoms with Crippen LogP contribution in [0.1, 0.15) is 11.1 Å². The van der Waals surface area contributed by atoms with Crippen LogP contribution in [-0.4, -0.2) is 29.5 Å². The minimum absolute atomic E-state index is 0.0511. The van der Waals surface area contributed by atoms with Crippen LogP contribution in [0.3, 0.4) is 0 Å². The highest BCUT2D eigenvalue weighted by Crippen LogP contribution is 2.14. The van der Waals surface area contributed by atoms with E-state index in [-0.39, 0.29) is 30.1 Å². The minimum Gasteiger partial charge on any atom is -0.293 e. The van der Waals surface area contributed by atoms with Crippen LogP contribution in [0.25, 0.3) is 11.2 Å². The SMILES string of the molecule is O=c1c2nnn(Cc3ccc(F)cc3)c2ncn1Cc1cccc([N+](=O)[O-])c1. The number of non-ortho nitro benzene ring substituents is 1. The first-order chi connectivity index (χ1) is 13.5. The summed E-state index contributed by atoms with van der Waals surface area (Å²) >= 11 is 0. The van der Waals surface area contributed by atoms with Crippen LogP contribution in [0.5, 0.6) is 0 Å². The highest BCUT2D eigenvalue weighted by Gasteiger charge is 2.13. The Balaban J connectivity index is 1.65. The van der Waals surface area contributed by atoms with Crippen molar-refractivity contribution in [2.45, 2.75) is 13.1 Å². The fourth-order valence-electron chi connectivity index (χ4n) is 2.83. The van der Waals surface area contributed by atoms with E-state index in [9.17, 15) is 19.3 Å². The second-order valence-electron chi connectivity index (χ2n) is 6.15. The summed E-state index contributed by atoms with van der Waals surface area (Å²) in [5.74, 6) is -0.339. The van der Waals surface area contributed by atoms with Gasteiger partial charge in [-0.3, -0.25) is 19.5 Å². The van der Waals surface area contributed by atoms with Crippen molar-refractivity contribution >= 4 is 16.9 Å². The quantitative estimate of drug-likeness (QED) is 0.388. The maximum atomic E-state index is 13.0. The standard InChI is InChI=1S/C18H13FN6O3/c19-14-6-4-12(5-7-14)10-24-17-16(21-22-24)18(26)23(11-20-17)9-13-2-1-3-15(8-13)25(27)28/h1-8,11H,9-10H2. The summed E-state index contributed by atoms with van der Waals surface area (Å²) in [6, 6.07) is 12.0. The van der Waals surface area contributed by atoms with Gasteiger partial charge in [0, 0.05) is 12.1 Å². The molecule has 0 aliphatic carbocycles. The molecule has 2 heterocycles. The molecule has 0 atom stereocenters. The van der Waals surface area contributed by atoms with Crippen molar-refractivity contribution < 1.29 is 9.31 Å². The van der Waals surface area contributed by atoms with Gasteiger partial charge in [0.25, 0.3) is 11.2 Å². The van der Waals surface area contributed by atoms with Crippen molar-refractivity contribution in [1.82, 2.24) is 24.5 Å². The van der Waals surface area contributed by atoms with Crippen LogP contribution >= 0.6 is 0 Å². The predicted molar refractivity (Wildman–Crippen MR) is 97.3 cm³/mol. The van der Waals surface area contributed by atoms with E-state index >= 15 is 0 Å². The molecule has 0 N–H and O–H groups in total. The minimum atomic E-state index is -0.491. The molecule has 2 aromatic heterocycles. The summed E-state index contributed by atoms with van der Waals surface area (Å²) in [6.07, 6.45) is 1.36. The second-order valence-corrected chi connectivity index (χ2v) is 6.15. The summed E-state index contributed by atoms with van der Waals surface area (Å²) in [6.45, 7) is 0.409. The number of hydrogen-bond acceptors (Lipinski definition) is 6. The number of hydrogen-bond donors (Lipinski definition) is 0.